The van der Waals surface area contributed by atoms with Crippen LogP contribution in [0.5, 0.6) is 0 Å². The SMILES string of the molecule is CN(Cc1cncs1)[C@H]1CC(=O)N(Cc2ccccc2)C1=O. The zero-order valence-electron chi connectivity index (χ0n) is 12.3. The van der Waals surface area contributed by atoms with Crippen molar-refractivity contribution in [3.63, 3.8) is 0 Å². The van der Waals surface area contributed by atoms with Gasteiger partial charge in [-0.25, -0.2) is 0 Å². The van der Waals surface area contributed by atoms with Gasteiger partial charge in [0.1, 0.15) is 0 Å². The molecule has 0 unspecified atom stereocenters. The second-order valence-electron chi connectivity index (χ2n) is 5.41. The number of carbonyl (C=O) groups is 2. The van der Waals surface area contributed by atoms with Gasteiger partial charge in [-0.05, 0) is 12.6 Å². The highest BCUT2D eigenvalue weighted by atomic mass is 32.1. The lowest BCUT2D eigenvalue weighted by Gasteiger charge is -2.22. The molecule has 0 radical (unpaired) electrons. The number of thiazole rings is 1. The molecule has 0 saturated carbocycles. The fourth-order valence-electron chi connectivity index (χ4n) is 2.62. The predicted molar refractivity (Wildman–Crippen MR) is 84.0 cm³/mol. The summed E-state index contributed by atoms with van der Waals surface area (Å²) in [6.45, 7) is 0.983. The van der Waals surface area contributed by atoms with Crippen LogP contribution in [-0.2, 0) is 22.7 Å². The summed E-state index contributed by atoms with van der Waals surface area (Å²) in [5, 5.41) is 0. The quantitative estimate of drug-likeness (QED) is 0.791. The van der Waals surface area contributed by atoms with Gasteiger partial charge in [-0.1, -0.05) is 30.3 Å². The van der Waals surface area contributed by atoms with E-state index in [1.165, 1.54) is 4.90 Å². The average molecular weight is 315 g/mol. The average Bonchev–Trinajstić information content (AvgIpc) is 3.11. The lowest BCUT2D eigenvalue weighted by molar-refractivity contribution is -0.140. The lowest BCUT2D eigenvalue weighted by atomic mass is 10.2. The number of hydrogen-bond donors (Lipinski definition) is 0. The summed E-state index contributed by atoms with van der Waals surface area (Å²) in [6, 6.07) is 9.21. The van der Waals surface area contributed by atoms with Gasteiger partial charge in [-0.3, -0.25) is 24.4 Å². The first-order chi connectivity index (χ1) is 10.6. The van der Waals surface area contributed by atoms with Crippen molar-refractivity contribution in [2.24, 2.45) is 0 Å². The number of imide groups is 1. The summed E-state index contributed by atoms with van der Waals surface area (Å²) in [7, 11) is 1.88. The van der Waals surface area contributed by atoms with Crippen molar-refractivity contribution in [3.05, 3.63) is 52.5 Å². The van der Waals surface area contributed by atoms with Gasteiger partial charge >= 0.3 is 0 Å². The summed E-state index contributed by atoms with van der Waals surface area (Å²) in [6.07, 6.45) is 2.05. The molecule has 1 fully saturated rings. The van der Waals surface area contributed by atoms with Gasteiger partial charge in [0.05, 0.1) is 24.5 Å². The third-order valence-electron chi connectivity index (χ3n) is 3.82. The van der Waals surface area contributed by atoms with Crippen LogP contribution in [0.4, 0.5) is 0 Å². The van der Waals surface area contributed by atoms with E-state index in [1.54, 1.807) is 23.0 Å². The Morgan fingerprint density at radius 3 is 2.77 bits per heavy atom. The van der Waals surface area contributed by atoms with Gasteiger partial charge < -0.3 is 0 Å². The molecule has 2 heterocycles. The first kappa shape index (κ1) is 14.9. The van der Waals surface area contributed by atoms with Crippen LogP contribution in [0.25, 0.3) is 0 Å². The fraction of sp³-hybridized carbons (Fsp3) is 0.312. The van der Waals surface area contributed by atoms with Gasteiger partial charge in [0.25, 0.3) is 0 Å². The number of aromatic nitrogens is 1. The zero-order chi connectivity index (χ0) is 15.5. The van der Waals surface area contributed by atoms with Crippen LogP contribution >= 0.6 is 11.3 Å². The molecule has 0 spiro atoms. The third kappa shape index (κ3) is 3.08. The Balaban J connectivity index is 1.68. The minimum Gasteiger partial charge on any atom is -0.289 e. The normalized spacial score (nSPS) is 18.5. The van der Waals surface area contributed by atoms with Crippen LogP contribution in [0.3, 0.4) is 0 Å². The van der Waals surface area contributed by atoms with Gasteiger partial charge in [0.2, 0.25) is 11.8 Å². The van der Waals surface area contributed by atoms with Crippen molar-refractivity contribution in [1.82, 2.24) is 14.8 Å². The molecule has 3 rings (SSSR count). The number of amides is 2. The highest BCUT2D eigenvalue weighted by molar-refractivity contribution is 7.09. The lowest BCUT2D eigenvalue weighted by Crippen LogP contribution is -2.39. The molecule has 114 valence electrons. The van der Waals surface area contributed by atoms with Crippen molar-refractivity contribution in [2.45, 2.75) is 25.6 Å². The Morgan fingerprint density at radius 1 is 1.32 bits per heavy atom. The highest BCUT2D eigenvalue weighted by Crippen LogP contribution is 2.22. The first-order valence-electron chi connectivity index (χ1n) is 7.11. The monoisotopic (exact) mass is 315 g/mol. The molecule has 1 aromatic carbocycles. The van der Waals surface area contributed by atoms with Crippen LogP contribution in [-0.4, -0.2) is 39.7 Å². The van der Waals surface area contributed by atoms with Crippen molar-refractivity contribution in [1.29, 1.82) is 0 Å². The maximum Gasteiger partial charge on any atom is 0.247 e. The number of nitrogens with zero attached hydrogens (tertiary/aromatic N) is 3. The number of benzene rings is 1. The number of likely N-dealkylation sites (N-methyl/N-ethyl adjacent to an activating group) is 1. The number of rotatable bonds is 5. The van der Waals surface area contributed by atoms with Crippen LogP contribution in [0.2, 0.25) is 0 Å². The second-order valence-corrected chi connectivity index (χ2v) is 6.38. The highest BCUT2D eigenvalue weighted by Gasteiger charge is 2.40. The maximum absolute atomic E-state index is 12.5. The summed E-state index contributed by atoms with van der Waals surface area (Å²) in [4.78, 5) is 33.1. The zero-order valence-corrected chi connectivity index (χ0v) is 13.1. The molecule has 0 N–H and O–H groups in total. The molecule has 22 heavy (non-hydrogen) atoms. The summed E-state index contributed by atoms with van der Waals surface area (Å²) >= 11 is 1.55. The Hall–Kier alpha value is -2.05. The molecule has 1 aromatic heterocycles. The van der Waals surface area contributed by atoms with E-state index in [0.717, 1.165) is 10.4 Å². The Morgan fingerprint density at radius 2 is 2.09 bits per heavy atom. The smallest absolute Gasteiger partial charge is 0.247 e. The topological polar surface area (TPSA) is 53.5 Å². The molecule has 0 aliphatic carbocycles. The molecule has 2 amide bonds. The van der Waals surface area contributed by atoms with Gasteiger partial charge in [0.15, 0.2) is 0 Å². The Kier molecular flexibility index (Phi) is 4.31. The number of carbonyl (C=O) groups excluding carboxylic acids is 2. The molecule has 1 saturated heterocycles. The molecule has 1 atom stereocenters. The van der Waals surface area contributed by atoms with E-state index in [1.807, 2.05) is 42.3 Å². The van der Waals surface area contributed by atoms with Crippen molar-refractivity contribution >= 4 is 23.2 Å². The van der Waals surface area contributed by atoms with Crippen molar-refractivity contribution < 1.29 is 9.59 Å². The first-order valence-corrected chi connectivity index (χ1v) is 7.99. The molecule has 5 nitrogen and oxygen atoms in total. The molecule has 0 bridgehead atoms. The van der Waals surface area contributed by atoms with E-state index in [0.29, 0.717) is 13.1 Å². The Bertz CT molecular complexity index is 657. The molecule has 1 aliphatic rings. The summed E-state index contributed by atoms with van der Waals surface area (Å²) in [5.74, 6) is -0.212. The van der Waals surface area contributed by atoms with E-state index in [2.05, 4.69) is 4.98 Å². The minimum absolute atomic E-state index is 0.102. The van der Waals surface area contributed by atoms with Gasteiger partial charge in [-0.2, -0.15) is 0 Å². The van der Waals surface area contributed by atoms with E-state index < -0.39 is 0 Å². The Labute approximate surface area is 133 Å². The standard InChI is InChI=1S/C16H17N3O2S/c1-18(10-13-8-17-11-22-13)14-7-15(20)19(16(14)21)9-12-5-3-2-4-6-12/h2-6,8,11,14H,7,9-10H2,1H3/t14-/m0/s1. The van der Waals surface area contributed by atoms with E-state index in [4.69, 9.17) is 0 Å². The number of hydrogen-bond acceptors (Lipinski definition) is 5. The van der Waals surface area contributed by atoms with Gasteiger partial charge in [0, 0.05) is 17.6 Å². The predicted octanol–water partition coefficient (Wildman–Crippen LogP) is 1.90. The van der Waals surface area contributed by atoms with Crippen LogP contribution in [0.1, 0.15) is 16.9 Å². The van der Waals surface area contributed by atoms with Crippen molar-refractivity contribution in [3.8, 4) is 0 Å². The fourth-order valence-corrected chi connectivity index (χ4v) is 3.28. The van der Waals surface area contributed by atoms with Crippen LogP contribution < -0.4 is 0 Å². The van der Waals surface area contributed by atoms with Gasteiger partial charge in [-0.15, -0.1) is 11.3 Å². The molecule has 6 heteroatoms. The molecule has 1 aliphatic heterocycles. The summed E-state index contributed by atoms with van der Waals surface area (Å²) < 4.78 is 0. The largest absolute Gasteiger partial charge is 0.289 e. The van der Waals surface area contributed by atoms with Crippen LogP contribution in [0.15, 0.2) is 42.0 Å². The molecular formula is C16H17N3O2S. The maximum atomic E-state index is 12.5. The van der Waals surface area contributed by atoms with Crippen LogP contribution in [0, 0.1) is 0 Å². The summed E-state index contributed by atoms with van der Waals surface area (Å²) in [5.41, 5.74) is 2.74. The van der Waals surface area contributed by atoms with E-state index in [-0.39, 0.29) is 24.3 Å². The van der Waals surface area contributed by atoms with E-state index in [9.17, 15) is 9.59 Å². The minimum atomic E-state index is -0.377. The second kappa shape index (κ2) is 6.37. The molecule has 2 aromatic rings. The van der Waals surface area contributed by atoms with Crippen molar-refractivity contribution in [2.75, 3.05) is 7.05 Å². The third-order valence-corrected chi connectivity index (χ3v) is 4.59. The van der Waals surface area contributed by atoms with E-state index >= 15 is 0 Å². The molecular weight excluding hydrogens is 298 g/mol. The number of likely N-dealkylation sites (tertiary alicyclic amines) is 1.